The number of nitro groups is 1. The summed E-state index contributed by atoms with van der Waals surface area (Å²) < 4.78 is 0. The van der Waals surface area contributed by atoms with Crippen molar-refractivity contribution >= 4 is 17.8 Å². The van der Waals surface area contributed by atoms with Gasteiger partial charge in [-0.05, 0) is 43.2 Å². The number of H-pyrrole nitrogens is 1. The predicted octanol–water partition coefficient (Wildman–Crippen LogP) is 3.37. The summed E-state index contributed by atoms with van der Waals surface area (Å²) in [4.78, 5) is 22.6. The number of carbonyl (C=O) groups excluding carboxylic acids is 1. The summed E-state index contributed by atoms with van der Waals surface area (Å²) >= 11 is 0. The number of aromatic amines is 1. The molecule has 1 amide bonds. The quantitative estimate of drug-likeness (QED) is 0.411. The van der Waals surface area contributed by atoms with E-state index in [4.69, 9.17) is 0 Å². The van der Waals surface area contributed by atoms with Crippen molar-refractivity contribution in [1.29, 1.82) is 0 Å². The summed E-state index contributed by atoms with van der Waals surface area (Å²) in [5, 5.41) is 21.6. The van der Waals surface area contributed by atoms with Gasteiger partial charge in [0.25, 0.3) is 11.6 Å². The Morgan fingerprint density at radius 3 is 2.70 bits per heavy atom. The van der Waals surface area contributed by atoms with E-state index in [1.165, 1.54) is 17.8 Å². The first-order valence-corrected chi connectivity index (χ1v) is 8.15. The maximum atomic E-state index is 12.2. The first-order valence-electron chi connectivity index (χ1n) is 8.15. The number of para-hydroxylation sites is 1. The van der Waals surface area contributed by atoms with Crippen LogP contribution >= 0.6 is 0 Å². The number of rotatable bonds is 5. The number of nitro benzene ring substituents is 1. The Kier molecular flexibility index (Phi) is 5.07. The third-order valence-corrected chi connectivity index (χ3v) is 4.13. The molecule has 1 aromatic heterocycles. The van der Waals surface area contributed by atoms with Crippen LogP contribution in [0.3, 0.4) is 0 Å². The lowest BCUT2D eigenvalue weighted by molar-refractivity contribution is -0.385. The second kappa shape index (κ2) is 7.61. The van der Waals surface area contributed by atoms with Gasteiger partial charge in [-0.1, -0.05) is 24.3 Å². The van der Waals surface area contributed by atoms with Gasteiger partial charge in [-0.15, -0.1) is 0 Å². The lowest BCUT2D eigenvalue weighted by atomic mass is 10.0. The maximum absolute atomic E-state index is 12.2. The molecular weight excluding hydrogens is 346 g/mol. The monoisotopic (exact) mass is 363 g/mol. The molecule has 0 radical (unpaired) electrons. The van der Waals surface area contributed by atoms with E-state index in [2.05, 4.69) is 20.7 Å². The van der Waals surface area contributed by atoms with Gasteiger partial charge in [0.05, 0.1) is 22.4 Å². The fourth-order valence-electron chi connectivity index (χ4n) is 2.47. The number of nitrogens with zero attached hydrogens (tertiary/aromatic N) is 3. The SMILES string of the molecule is Cc1ccc(-c2cc(C(=O)NN=Cc3ccccc3[N+](=O)[O-])[nH]n2)cc1C. The predicted molar refractivity (Wildman–Crippen MR) is 102 cm³/mol. The summed E-state index contributed by atoms with van der Waals surface area (Å²) in [6, 6.07) is 13.7. The minimum Gasteiger partial charge on any atom is -0.272 e. The molecule has 0 fully saturated rings. The molecule has 0 saturated carbocycles. The molecule has 0 atom stereocenters. The Morgan fingerprint density at radius 2 is 1.96 bits per heavy atom. The minimum atomic E-state index is -0.506. The highest BCUT2D eigenvalue weighted by Gasteiger charge is 2.12. The standard InChI is InChI=1S/C19H17N5O3/c1-12-7-8-14(9-13(12)2)16-10-17(22-21-16)19(25)23-20-11-15-5-3-4-6-18(15)24(26)27/h3-11H,1-2H3,(H,21,22)(H,23,25). The van der Waals surface area contributed by atoms with Gasteiger partial charge in [0, 0.05) is 11.6 Å². The Hall–Kier alpha value is -3.81. The van der Waals surface area contributed by atoms with Crippen molar-refractivity contribution in [3.05, 3.63) is 81.0 Å². The highest BCUT2D eigenvalue weighted by atomic mass is 16.6. The van der Waals surface area contributed by atoms with Crippen LogP contribution in [0.5, 0.6) is 0 Å². The first-order chi connectivity index (χ1) is 13.0. The van der Waals surface area contributed by atoms with Crippen LogP contribution in [-0.4, -0.2) is 27.2 Å². The van der Waals surface area contributed by atoms with E-state index < -0.39 is 10.8 Å². The van der Waals surface area contributed by atoms with Crippen LogP contribution in [0.4, 0.5) is 5.69 Å². The van der Waals surface area contributed by atoms with Crippen molar-refractivity contribution in [2.45, 2.75) is 13.8 Å². The number of benzene rings is 2. The van der Waals surface area contributed by atoms with Crippen LogP contribution in [0.25, 0.3) is 11.3 Å². The Balaban J connectivity index is 1.71. The van der Waals surface area contributed by atoms with E-state index in [0.29, 0.717) is 11.3 Å². The van der Waals surface area contributed by atoms with Crippen LogP contribution in [0.15, 0.2) is 53.6 Å². The van der Waals surface area contributed by atoms with Gasteiger partial charge < -0.3 is 0 Å². The Labute approximate surface area is 155 Å². The van der Waals surface area contributed by atoms with Crippen molar-refractivity contribution in [1.82, 2.24) is 15.6 Å². The number of hydrazone groups is 1. The zero-order valence-corrected chi connectivity index (χ0v) is 14.8. The fraction of sp³-hybridized carbons (Fsp3) is 0.105. The molecule has 0 aliphatic heterocycles. The Bertz CT molecular complexity index is 1040. The molecule has 1 heterocycles. The second-order valence-electron chi connectivity index (χ2n) is 5.98. The Morgan fingerprint density at radius 1 is 1.19 bits per heavy atom. The number of hydrogen-bond donors (Lipinski definition) is 2. The van der Waals surface area contributed by atoms with Gasteiger partial charge in [-0.3, -0.25) is 20.0 Å². The molecule has 3 rings (SSSR count). The van der Waals surface area contributed by atoms with E-state index in [0.717, 1.165) is 11.1 Å². The van der Waals surface area contributed by atoms with Gasteiger partial charge in [0.2, 0.25) is 0 Å². The first kappa shape index (κ1) is 18.0. The van der Waals surface area contributed by atoms with Crippen LogP contribution in [0, 0.1) is 24.0 Å². The van der Waals surface area contributed by atoms with E-state index >= 15 is 0 Å². The largest absolute Gasteiger partial charge is 0.289 e. The van der Waals surface area contributed by atoms with E-state index in [1.807, 2.05) is 32.0 Å². The smallest absolute Gasteiger partial charge is 0.272 e. The lowest BCUT2D eigenvalue weighted by Gasteiger charge is -2.01. The van der Waals surface area contributed by atoms with Crippen LogP contribution in [-0.2, 0) is 0 Å². The number of amides is 1. The van der Waals surface area contributed by atoms with E-state index in [1.54, 1.807) is 24.3 Å². The highest BCUT2D eigenvalue weighted by Crippen LogP contribution is 2.21. The molecule has 27 heavy (non-hydrogen) atoms. The number of aryl methyl sites for hydroxylation is 2. The van der Waals surface area contributed by atoms with Crippen molar-refractivity contribution in [2.24, 2.45) is 5.10 Å². The van der Waals surface area contributed by atoms with Crippen molar-refractivity contribution in [3.63, 3.8) is 0 Å². The zero-order chi connectivity index (χ0) is 19.4. The van der Waals surface area contributed by atoms with Crippen molar-refractivity contribution < 1.29 is 9.72 Å². The summed E-state index contributed by atoms with van der Waals surface area (Å²) in [6.07, 6.45) is 1.23. The van der Waals surface area contributed by atoms with Gasteiger partial charge in [0.15, 0.2) is 0 Å². The second-order valence-corrected chi connectivity index (χ2v) is 5.98. The average molecular weight is 363 g/mol. The average Bonchev–Trinajstić information content (AvgIpc) is 3.14. The number of hydrogen-bond acceptors (Lipinski definition) is 5. The van der Waals surface area contributed by atoms with Gasteiger partial charge in [0.1, 0.15) is 5.69 Å². The minimum absolute atomic E-state index is 0.0888. The van der Waals surface area contributed by atoms with Crippen molar-refractivity contribution in [3.8, 4) is 11.3 Å². The molecule has 2 aromatic carbocycles. The fourth-order valence-corrected chi connectivity index (χ4v) is 2.47. The number of nitrogens with one attached hydrogen (secondary N) is 2. The zero-order valence-electron chi connectivity index (χ0n) is 14.8. The summed E-state index contributed by atoms with van der Waals surface area (Å²) in [5.74, 6) is -0.493. The molecular formula is C19H17N5O3. The van der Waals surface area contributed by atoms with Crippen molar-refractivity contribution in [2.75, 3.05) is 0 Å². The number of aromatic nitrogens is 2. The van der Waals surface area contributed by atoms with Crippen LogP contribution < -0.4 is 5.43 Å². The summed E-state index contributed by atoms with van der Waals surface area (Å²) in [5.41, 5.74) is 6.64. The van der Waals surface area contributed by atoms with E-state index in [9.17, 15) is 14.9 Å². The van der Waals surface area contributed by atoms with Gasteiger partial charge in [-0.25, -0.2) is 5.43 Å². The van der Waals surface area contributed by atoms with Gasteiger partial charge in [-0.2, -0.15) is 10.2 Å². The molecule has 0 aliphatic rings. The normalized spacial score (nSPS) is 10.9. The molecule has 3 aromatic rings. The molecule has 136 valence electrons. The topological polar surface area (TPSA) is 113 Å². The van der Waals surface area contributed by atoms with Gasteiger partial charge >= 0.3 is 0 Å². The molecule has 8 nitrogen and oxygen atoms in total. The molecule has 8 heteroatoms. The maximum Gasteiger partial charge on any atom is 0.289 e. The molecule has 0 saturated heterocycles. The van der Waals surface area contributed by atoms with Crippen LogP contribution in [0.2, 0.25) is 0 Å². The van der Waals surface area contributed by atoms with E-state index in [-0.39, 0.29) is 11.4 Å². The highest BCUT2D eigenvalue weighted by molar-refractivity contribution is 5.94. The number of carbonyl (C=O) groups is 1. The molecule has 2 N–H and O–H groups in total. The molecule has 0 aliphatic carbocycles. The molecule has 0 bridgehead atoms. The lowest BCUT2D eigenvalue weighted by Crippen LogP contribution is -2.18. The van der Waals surface area contributed by atoms with Crippen LogP contribution in [0.1, 0.15) is 27.2 Å². The summed E-state index contributed by atoms with van der Waals surface area (Å²) in [6.45, 7) is 4.04. The third kappa shape index (κ3) is 4.06. The summed E-state index contributed by atoms with van der Waals surface area (Å²) in [7, 11) is 0. The molecule has 0 unspecified atom stereocenters. The third-order valence-electron chi connectivity index (χ3n) is 4.13. The molecule has 0 spiro atoms.